The van der Waals surface area contributed by atoms with Crippen LogP contribution in [-0.2, 0) is 0 Å². The highest BCUT2D eigenvalue weighted by Gasteiger charge is 1.97. The standard InChI is InChI=1S/C17H21N3O2.HI/c1-21-15-9-5-10-16(13-15)22-12-6-11-19-17(18)20-14-7-3-2-4-8-14;/h2-5,7-10,13H,6,11-12H2,1H3,(H3,18,19,20);1H. The summed E-state index contributed by atoms with van der Waals surface area (Å²) in [6.45, 7) is 1.19. The molecule has 0 radical (unpaired) electrons. The topological polar surface area (TPSA) is 68.9 Å². The number of para-hydroxylation sites is 1. The summed E-state index contributed by atoms with van der Waals surface area (Å²) < 4.78 is 10.8. The van der Waals surface area contributed by atoms with E-state index in [1.165, 1.54) is 0 Å². The fourth-order valence-electron chi connectivity index (χ4n) is 1.85. The van der Waals surface area contributed by atoms with Crippen molar-refractivity contribution in [2.24, 2.45) is 10.7 Å². The molecule has 0 aliphatic heterocycles. The number of ether oxygens (including phenoxy) is 2. The zero-order valence-corrected chi connectivity index (χ0v) is 15.4. The minimum absolute atomic E-state index is 0. The molecule has 23 heavy (non-hydrogen) atoms. The third-order valence-electron chi connectivity index (χ3n) is 2.94. The molecule has 0 atom stereocenters. The Kier molecular flexibility index (Phi) is 8.89. The Morgan fingerprint density at radius 1 is 1.09 bits per heavy atom. The number of hydrogen-bond acceptors (Lipinski definition) is 3. The molecule has 0 aliphatic rings. The summed E-state index contributed by atoms with van der Waals surface area (Å²) in [6.07, 6.45) is 0.786. The highest BCUT2D eigenvalue weighted by Crippen LogP contribution is 2.18. The molecule has 0 heterocycles. The number of guanidine groups is 1. The van der Waals surface area contributed by atoms with Crippen molar-refractivity contribution in [1.29, 1.82) is 0 Å². The van der Waals surface area contributed by atoms with Crippen molar-refractivity contribution in [2.75, 3.05) is 25.6 Å². The zero-order valence-electron chi connectivity index (χ0n) is 13.1. The van der Waals surface area contributed by atoms with E-state index >= 15 is 0 Å². The first-order chi connectivity index (χ1) is 10.8. The van der Waals surface area contributed by atoms with Crippen molar-refractivity contribution in [3.8, 4) is 11.5 Å². The van der Waals surface area contributed by atoms with E-state index in [1.54, 1.807) is 7.11 Å². The summed E-state index contributed by atoms with van der Waals surface area (Å²) in [7, 11) is 1.64. The molecule has 0 unspecified atom stereocenters. The first-order valence-electron chi connectivity index (χ1n) is 7.17. The Bertz CT molecular complexity index is 606. The number of anilines is 1. The summed E-state index contributed by atoms with van der Waals surface area (Å²) in [5.41, 5.74) is 6.75. The van der Waals surface area contributed by atoms with Gasteiger partial charge in [-0.3, -0.25) is 4.99 Å². The van der Waals surface area contributed by atoms with E-state index in [9.17, 15) is 0 Å². The fraction of sp³-hybridized carbons (Fsp3) is 0.235. The number of rotatable bonds is 7. The number of nitrogens with one attached hydrogen (secondary N) is 1. The summed E-state index contributed by atoms with van der Waals surface area (Å²) in [4.78, 5) is 4.26. The predicted molar refractivity (Wildman–Crippen MR) is 105 cm³/mol. The van der Waals surface area contributed by atoms with Gasteiger partial charge in [0.25, 0.3) is 0 Å². The van der Waals surface area contributed by atoms with Gasteiger partial charge in [-0.05, 0) is 24.3 Å². The molecule has 0 saturated carbocycles. The molecule has 0 spiro atoms. The fourth-order valence-corrected chi connectivity index (χ4v) is 1.85. The number of hydrogen-bond donors (Lipinski definition) is 2. The summed E-state index contributed by atoms with van der Waals surface area (Å²) in [5.74, 6) is 1.98. The van der Waals surface area contributed by atoms with Gasteiger partial charge in [-0.25, -0.2) is 0 Å². The number of aliphatic imine (C=N–C) groups is 1. The lowest BCUT2D eigenvalue weighted by molar-refractivity contribution is 0.311. The number of methoxy groups -OCH3 is 1. The van der Waals surface area contributed by atoms with Crippen LogP contribution in [0.3, 0.4) is 0 Å². The van der Waals surface area contributed by atoms with Gasteiger partial charge in [0.05, 0.1) is 13.7 Å². The summed E-state index contributed by atoms with van der Waals surface area (Å²) >= 11 is 0. The quantitative estimate of drug-likeness (QED) is 0.307. The second kappa shape index (κ2) is 10.7. The van der Waals surface area contributed by atoms with Crippen molar-refractivity contribution < 1.29 is 9.47 Å². The van der Waals surface area contributed by atoms with Crippen LogP contribution in [0, 0.1) is 0 Å². The smallest absolute Gasteiger partial charge is 0.193 e. The molecule has 0 aliphatic carbocycles. The number of nitrogens with two attached hydrogens (primary N) is 1. The lowest BCUT2D eigenvalue weighted by atomic mass is 10.3. The Labute approximate surface area is 153 Å². The van der Waals surface area contributed by atoms with Crippen LogP contribution >= 0.6 is 24.0 Å². The number of benzene rings is 2. The second-order valence-corrected chi connectivity index (χ2v) is 4.64. The molecular weight excluding hydrogens is 405 g/mol. The molecule has 0 aromatic heterocycles. The van der Waals surface area contributed by atoms with E-state index in [0.717, 1.165) is 23.6 Å². The molecule has 0 fully saturated rings. The lowest BCUT2D eigenvalue weighted by Gasteiger charge is -2.07. The molecule has 3 N–H and O–H groups in total. The molecule has 124 valence electrons. The average Bonchev–Trinajstić information content (AvgIpc) is 2.55. The molecular formula is C17H22IN3O2. The van der Waals surface area contributed by atoms with Gasteiger partial charge in [-0.15, -0.1) is 24.0 Å². The number of nitrogens with zero attached hydrogens (tertiary/aromatic N) is 1. The normalized spacial score (nSPS) is 10.6. The average molecular weight is 427 g/mol. The maximum Gasteiger partial charge on any atom is 0.193 e. The lowest BCUT2D eigenvalue weighted by Crippen LogP contribution is -2.23. The van der Waals surface area contributed by atoms with E-state index in [4.69, 9.17) is 15.2 Å². The third kappa shape index (κ3) is 7.23. The maximum absolute atomic E-state index is 5.82. The van der Waals surface area contributed by atoms with Crippen molar-refractivity contribution in [1.82, 2.24) is 0 Å². The summed E-state index contributed by atoms with van der Waals surface area (Å²) in [5, 5.41) is 3.04. The van der Waals surface area contributed by atoms with E-state index in [1.807, 2.05) is 54.6 Å². The molecule has 5 nitrogen and oxygen atoms in total. The molecule has 2 aromatic rings. The third-order valence-corrected chi connectivity index (χ3v) is 2.94. The van der Waals surface area contributed by atoms with Gasteiger partial charge in [0.2, 0.25) is 0 Å². The van der Waals surface area contributed by atoms with Crippen molar-refractivity contribution >= 4 is 35.6 Å². The SMILES string of the molecule is COc1cccc(OCCCN=C(N)Nc2ccccc2)c1.I. The molecule has 0 amide bonds. The van der Waals surface area contributed by atoms with Gasteiger partial charge >= 0.3 is 0 Å². The van der Waals surface area contributed by atoms with Crippen molar-refractivity contribution in [2.45, 2.75) is 6.42 Å². The number of halogens is 1. The van der Waals surface area contributed by atoms with Gasteiger partial charge < -0.3 is 20.5 Å². The zero-order chi connectivity index (χ0) is 15.6. The van der Waals surface area contributed by atoms with Crippen LogP contribution in [0.4, 0.5) is 5.69 Å². The minimum Gasteiger partial charge on any atom is -0.497 e. The van der Waals surface area contributed by atoms with E-state index in [0.29, 0.717) is 19.1 Å². The molecule has 2 rings (SSSR count). The van der Waals surface area contributed by atoms with Crippen LogP contribution < -0.4 is 20.5 Å². The Hall–Kier alpha value is -1.96. The second-order valence-electron chi connectivity index (χ2n) is 4.64. The Morgan fingerprint density at radius 2 is 1.83 bits per heavy atom. The van der Waals surface area contributed by atoms with E-state index < -0.39 is 0 Å². The van der Waals surface area contributed by atoms with Crippen molar-refractivity contribution in [3.05, 3.63) is 54.6 Å². The highest BCUT2D eigenvalue weighted by atomic mass is 127. The van der Waals surface area contributed by atoms with E-state index in [-0.39, 0.29) is 24.0 Å². The minimum atomic E-state index is 0. The maximum atomic E-state index is 5.82. The first kappa shape index (κ1) is 19.1. The van der Waals surface area contributed by atoms with Gasteiger partial charge in [0, 0.05) is 24.7 Å². The van der Waals surface area contributed by atoms with E-state index in [2.05, 4.69) is 10.3 Å². The van der Waals surface area contributed by atoms with Crippen LogP contribution in [0.2, 0.25) is 0 Å². The monoisotopic (exact) mass is 427 g/mol. The Balaban J connectivity index is 0.00000264. The molecule has 2 aromatic carbocycles. The molecule has 0 bridgehead atoms. The van der Waals surface area contributed by atoms with Crippen LogP contribution in [0.15, 0.2) is 59.6 Å². The summed E-state index contributed by atoms with van der Waals surface area (Å²) in [6, 6.07) is 17.2. The van der Waals surface area contributed by atoms with Crippen molar-refractivity contribution in [3.63, 3.8) is 0 Å². The van der Waals surface area contributed by atoms with Gasteiger partial charge in [-0.2, -0.15) is 0 Å². The predicted octanol–water partition coefficient (Wildman–Crippen LogP) is 3.51. The van der Waals surface area contributed by atoms with Crippen LogP contribution in [0.1, 0.15) is 6.42 Å². The highest BCUT2D eigenvalue weighted by molar-refractivity contribution is 14.0. The van der Waals surface area contributed by atoms with Gasteiger partial charge in [-0.1, -0.05) is 24.3 Å². The molecule has 6 heteroatoms. The van der Waals surface area contributed by atoms with Crippen LogP contribution in [-0.4, -0.2) is 26.2 Å². The van der Waals surface area contributed by atoms with Crippen LogP contribution in [0.25, 0.3) is 0 Å². The van der Waals surface area contributed by atoms with Crippen LogP contribution in [0.5, 0.6) is 11.5 Å². The molecule has 0 saturated heterocycles. The van der Waals surface area contributed by atoms with Gasteiger partial charge in [0.1, 0.15) is 11.5 Å². The Morgan fingerprint density at radius 3 is 2.57 bits per heavy atom. The first-order valence-corrected chi connectivity index (χ1v) is 7.17. The largest absolute Gasteiger partial charge is 0.497 e. The van der Waals surface area contributed by atoms with Gasteiger partial charge in [0.15, 0.2) is 5.96 Å².